The van der Waals surface area contributed by atoms with Crippen LogP contribution in [0.2, 0.25) is 0 Å². The van der Waals surface area contributed by atoms with E-state index in [1.54, 1.807) is 0 Å². The van der Waals surface area contributed by atoms with Crippen LogP contribution in [0.25, 0.3) is 16.9 Å². The van der Waals surface area contributed by atoms with Crippen LogP contribution in [-0.4, -0.2) is 38.4 Å². The van der Waals surface area contributed by atoms with Gasteiger partial charge in [0.2, 0.25) is 0 Å². The molecule has 3 N–H and O–H groups in total. The van der Waals surface area contributed by atoms with Crippen molar-refractivity contribution < 1.29 is 9.90 Å². The molecule has 4 rings (SSSR count). The second kappa shape index (κ2) is 7.28. The zero-order valence-corrected chi connectivity index (χ0v) is 16.4. The fourth-order valence-electron chi connectivity index (χ4n) is 4.17. The Hall–Kier alpha value is -2.86. The lowest BCUT2D eigenvalue weighted by Crippen LogP contribution is -2.38. The highest BCUT2D eigenvalue weighted by molar-refractivity contribution is 5.71. The molecule has 3 heterocycles. The predicted octanol–water partition coefficient (Wildman–Crippen LogP) is 3.50. The minimum absolute atomic E-state index is 0.303. The van der Waals surface area contributed by atoms with Gasteiger partial charge in [0.25, 0.3) is 0 Å². The highest BCUT2D eigenvalue weighted by Gasteiger charge is 2.27. The summed E-state index contributed by atoms with van der Waals surface area (Å²) in [5, 5.41) is 9.42. The number of likely N-dealkylation sites (tertiary alicyclic amines) is 1. The SMILES string of the molecule is Cc1ccc(-c2nc3ccc(N)cn3c2CN2CCCC(C(=O)O)C2)c(C)c1. The van der Waals surface area contributed by atoms with Crippen LogP contribution in [0, 0.1) is 19.8 Å². The minimum atomic E-state index is -0.707. The Morgan fingerprint density at radius 1 is 1.29 bits per heavy atom. The number of carboxylic acid groups (broad SMARTS) is 1. The maximum absolute atomic E-state index is 11.5. The van der Waals surface area contributed by atoms with Gasteiger partial charge in [-0.15, -0.1) is 0 Å². The molecule has 1 aliphatic rings. The van der Waals surface area contributed by atoms with E-state index in [1.807, 2.05) is 22.7 Å². The van der Waals surface area contributed by atoms with Crippen LogP contribution >= 0.6 is 0 Å². The second-order valence-corrected chi connectivity index (χ2v) is 7.83. The Bertz CT molecular complexity index is 1040. The van der Waals surface area contributed by atoms with E-state index in [-0.39, 0.29) is 5.92 Å². The molecule has 3 aromatic rings. The van der Waals surface area contributed by atoms with Gasteiger partial charge in [0.1, 0.15) is 5.65 Å². The van der Waals surface area contributed by atoms with Crippen molar-refractivity contribution in [1.29, 1.82) is 0 Å². The third-order valence-corrected chi connectivity index (χ3v) is 5.61. The monoisotopic (exact) mass is 378 g/mol. The van der Waals surface area contributed by atoms with Crippen LogP contribution in [0.15, 0.2) is 36.5 Å². The summed E-state index contributed by atoms with van der Waals surface area (Å²) >= 11 is 0. The molecule has 6 heteroatoms. The molecule has 0 aliphatic carbocycles. The van der Waals surface area contributed by atoms with Crippen molar-refractivity contribution in [3.63, 3.8) is 0 Å². The third kappa shape index (κ3) is 3.47. The molecule has 1 unspecified atom stereocenters. The third-order valence-electron chi connectivity index (χ3n) is 5.61. The Balaban J connectivity index is 1.79. The molecule has 0 spiro atoms. The Morgan fingerprint density at radius 3 is 2.86 bits per heavy atom. The number of hydrogen-bond donors (Lipinski definition) is 2. The summed E-state index contributed by atoms with van der Waals surface area (Å²) in [6, 6.07) is 10.2. The van der Waals surface area contributed by atoms with Gasteiger partial charge in [0.15, 0.2) is 0 Å². The molecular formula is C22H26N4O2. The number of carboxylic acids is 1. The first-order valence-electron chi connectivity index (χ1n) is 9.71. The molecule has 0 bridgehead atoms. The van der Waals surface area contributed by atoms with E-state index < -0.39 is 5.97 Å². The van der Waals surface area contributed by atoms with Crippen molar-refractivity contribution in [2.24, 2.45) is 5.92 Å². The van der Waals surface area contributed by atoms with Gasteiger partial charge < -0.3 is 15.2 Å². The van der Waals surface area contributed by atoms with E-state index in [4.69, 9.17) is 10.7 Å². The largest absolute Gasteiger partial charge is 0.481 e. The first-order chi connectivity index (χ1) is 13.4. The summed E-state index contributed by atoms with van der Waals surface area (Å²) in [5.74, 6) is -1.01. The quantitative estimate of drug-likeness (QED) is 0.726. The maximum atomic E-state index is 11.5. The van der Waals surface area contributed by atoms with Crippen molar-refractivity contribution in [2.75, 3.05) is 18.8 Å². The normalized spacial score (nSPS) is 17.9. The molecular weight excluding hydrogens is 352 g/mol. The molecule has 1 aliphatic heterocycles. The summed E-state index contributed by atoms with van der Waals surface area (Å²) in [4.78, 5) is 18.6. The second-order valence-electron chi connectivity index (χ2n) is 7.83. The zero-order valence-electron chi connectivity index (χ0n) is 16.4. The van der Waals surface area contributed by atoms with E-state index in [1.165, 1.54) is 11.1 Å². The van der Waals surface area contributed by atoms with Crippen molar-refractivity contribution >= 4 is 17.3 Å². The van der Waals surface area contributed by atoms with E-state index in [0.29, 0.717) is 18.8 Å². The number of pyridine rings is 1. The van der Waals surface area contributed by atoms with Crippen LogP contribution in [0.4, 0.5) is 5.69 Å². The lowest BCUT2D eigenvalue weighted by Gasteiger charge is -2.30. The van der Waals surface area contributed by atoms with Gasteiger partial charge in [0.05, 0.1) is 17.3 Å². The van der Waals surface area contributed by atoms with E-state index >= 15 is 0 Å². The molecule has 2 aromatic heterocycles. The first kappa shape index (κ1) is 18.5. The van der Waals surface area contributed by atoms with E-state index in [9.17, 15) is 9.90 Å². The number of carbonyl (C=O) groups is 1. The highest BCUT2D eigenvalue weighted by atomic mass is 16.4. The number of nitrogen functional groups attached to an aromatic ring is 1. The lowest BCUT2D eigenvalue weighted by molar-refractivity contribution is -0.143. The van der Waals surface area contributed by atoms with Gasteiger partial charge in [-0.3, -0.25) is 9.69 Å². The summed E-state index contributed by atoms with van der Waals surface area (Å²) < 4.78 is 2.05. The number of benzene rings is 1. The van der Waals surface area contributed by atoms with Gasteiger partial charge >= 0.3 is 5.97 Å². The fourth-order valence-corrected chi connectivity index (χ4v) is 4.17. The van der Waals surface area contributed by atoms with Crippen molar-refractivity contribution in [1.82, 2.24) is 14.3 Å². The number of nitrogens with zero attached hydrogens (tertiary/aromatic N) is 3. The summed E-state index contributed by atoms with van der Waals surface area (Å²) in [6.07, 6.45) is 3.55. The molecule has 0 radical (unpaired) electrons. The molecule has 0 saturated carbocycles. The number of nitrogens with two attached hydrogens (primary N) is 1. The average Bonchev–Trinajstić information content (AvgIpc) is 2.99. The summed E-state index contributed by atoms with van der Waals surface area (Å²) in [7, 11) is 0. The standard InChI is InChI=1S/C22H26N4O2/c1-14-5-7-18(15(2)10-14)21-19(26-12-17(23)6-8-20(26)24-21)13-25-9-3-4-16(11-25)22(27)28/h5-8,10,12,16H,3-4,9,11,13,23H2,1-2H3,(H,27,28). The first-order valence-corrected chi connectivity index (χ1v) is 9.71. The number of aryl methyl sites for hydroxylation is 2. The molecule has 1 saturated heterocycles. The van der Waals surface area contributed by atoms with Gasteiger partial charge in [-0.05, 0) is 50.9 Å². The number of imidazole rings is 1. The average molecular weight is 378 g/mol. The van der Waals surface area contributed by atoms with E-state index in [2.05, 4.69) is 36.9 Å². The maximum Gasteiger partial charge on any atom is 0.307 e. The topological polar surface area (TPSA) is 83.9 Å². The van der Waals surface area contributed by atoms with E-state index in [0.717, 1.165) is 42.0 Å². The number of aromatic nitrogens is 2. The number of piperidine rings is 1. The van der Waals surface area contributed by atoms with Crippen LogP contribution in [-0.2, 0) is 11.3 Å². The Morgan fingerprint density at radius 2 is 2.11 bits per heavy atom. The van der Waals surface area contributed by atoms with Gasteiger partial charge in [-0.25, -0.2) is 4.98 Å². The Labute approximate surface area is 164 Å². The molecule has 1 fully saturated rings. The molecule has 146 valence electrons. The number of fused-ring (bicyclic) bond motifs is 1. The van der Waals surface area contributed by atoms with Gasteiger partial charge in [-0.2, -0.15) is 0 Å². The smallest absolute Gasteiger partial charge is 0.307 e. The summed E-state index contributed by atoms with van der Waals surface area (Å²) in [6.45, 7) is 6.30. The van der Waals surface area contributed by atoms with Crippen LogP contribution in [0.3, 0.4) is 0 Å². The number of aliphatic carboxylic acids is 1. The zero-order chi connectivity index (χ0) is 19.8. The minimum Gasteiger partial charge on any atom is -0.481 e. The molecule has 28 heavy (non-hydrogen) atoms. The van der Waals surface area contributed by atoms with Crippen LogP contribution in [0.1, 0.15) is 29.7 Å². The van der Waals surface area contributed by atoms with Crippen molar-refractivity contribution in [2.45, 2.75) is 33.2 Å². The van der Waals surface area contributed by atoms with Crippen LogP contribution < -0.4 is 5.73 Å². The van der Waals surface area contributed by atoms with Crippen molar-refractivity contribution in [3.8, 4) is 11.3 Å². The molecule has 1 aromatic carbocycles. The van der Waals surface area contributed by atoms with Crippen molar-refractivity contribution in [3.05, 3.63) is 53.3 Å². The Kier molecular flexibility index (Phi) is 4.81. The fraction of sp³-hybridized carbons (Fsp3) is 0.364. The van der Waals surface area contributed by atoms with Crippen LogP contribution in [0.5, 0.6) is 0 Å². The lowest BCUT2D eigenvalue weighted by atomic mass is 9.97. The highest BCUT2D eigenvalue weighted by Crippen LogP contribution is 2.30. The summed E-state index contributed by atoms with van der Waals surface area (Å²) in [5.41, 5.74) is 13.1. The number of rotatable bonds is 4. The molecule has 1 atom stereocenters. The predicted molar refractivity (Wildman–Crippen MR) is 110 cm³/mol. The number of anilines is 1. The van der Waals surface area contributed by atoms with Gasteiger partial charge in [-0.1, -0.05) is 23.8 Å². The number of hydrogen-bond acceptors (Lipinski definition) is 4. The molecule has 0 amide bonds. The molecule has 6 nitrogen and oxygen atoms in total. The van der Waals surface area contributed by atoms with Gasteiger partial charge in [0, 0.05) is 30.5 Å².